The molecule has 9 nitrogen and oxygen atoms in total. The highest BCUT2D eigenvalue weighted by atomic mass is 19.1. The number of nitrogens with zero attached hydrogens (tertiary/aromatic N) is 3. The molecule has 1 aliphatic carbocycles. The highest BCUT2D eigenvalue weighted by Crippen LogP contribution is 2.33. The van der Waals surface area contributed by atoms with E-state index in [-0.39, 0.29) is 35.9 Å². The first kappa shape index (κ1) is 32.1. The molecule has 2 aromatic carbocycles. The van der Waals surface area contributed by atoms with E-state index in [9.17, 15) is 14.0 Å². The zero-order chi connectivity index (χ0) is 31.8. The van der Waals surface area contributed by atoms with Crippen molar-refractivity contribution in [2.24, 2.45) is 11.8 Å². The Morgan fingerprint density at radius 1 is 1.04 bits per heavy atom. The third kappa shape index (κ3) is 7.86. The molecule has 10 heteroatoms. The van der Waals surface area contributed by atoms with Gasteiger partial charge in [0.2, 0.25) is 5.91 Å². The standard InChI is InChI=1S/C35H42FN5O4/c1-23-19-27(40-33-34-39-22-30(41(34)17-16-37-33)26-11-14-32(45-2)29(36)21-26)12-13-28(23)31(43)20-24-7-9-25(10-8-24)35(44)38-15-5-3-4-6-18-42/h11-14,16-17,19,21-22,24-25,42H,3-10,15,18,20H2,1-2H3,(H,37,40)(H,38,44). The van der Waals surface area contributed by atoms with E-state index in [2.05, 4.69) is 20.6 Å². The number of aliphatic hydroxyl groups is 1. The van der Waals surface area contributed by atoms with Gasteiger partial charge in [-0.05, 0) is 93.3 Å². The minimum absolute atomic E-state index is 0.0301. The van der Waals surface area contributed by atoms with Crippen LogP contribution in [0, 0.1) is 24.6 Å². The molecule has 0 aliphatic heterocycles. The first-order valence-corrected chi connectivity index (χ1v) is 15.8. The zero-order valence-electron chi connectivity index (χ0n) is 26.0. The van der Waals surface area contributed by atoms with Crippen LogP contribution in [-0.2, 0) is 4.79 Å². The van der Waals surface area contributed by atoms with Gasteiger partial charge in [0.1, 0.15) is 0 Å². The fraction of sp³-hybridized carbons (Fsp3) is 0.429. The van der Waals surface area contributed by atoms with Crippen molar-refractivity contribution in [1.82, 2.24) is 19.7 Å². The van der Waals surface area contributed by atoms with Gasteiger partial charge < -0.3 is 20.5 Å². The molecule has 1 saturated carbocycles. The Morgan fingerprint density at radius 3 is 2.58 bits per heavy atom. The number of benzene rings is 2. The van der Waals surface area contributed by atoms with Gasteiger partial charge >= 0.3 is 0 Å². The van der Waals surface area contributed by atoms with Crippen LogP contribution in [0.5, 0.6) is 5.75 Å². The smallest absolute Gasteiger partial charge is 0.223 e. The predicted molar refractivity (Wildman–Crippen MR) is 172 cm³/mol. The topological polar surface area (TPSA) is 118 Å². The maximum absolute atomic E-state index is 14.4. The number of unbranched alkanes of at least 4 members (excludes halogenated alkanes) is 3. The van der Waals surface area contributed by atoms with Crippen LogP contribution in [-0.4, -0.2) is 51.4 Å². The number of halogens is 1. The molecule has 45 heavy (non-hydrogen) atoms. The van der Waals surface area contributed by atoms with Crippen LogP contribution in [0.15, 0.2) is 55.0 Å². The summed E-state index contributed by atoms with van der Waals surface area (Å²) in [6.07, 6.45) is 12.7. The largest absolute Gasteiger partial charge is 0.494 e. The zero-order valence-corrected chi connectivity index (χ0v) is 26.0. The van der Waals surface area contributed by atoms with Crippen molar-refractivity contribution in [3.05, 3.63) is 71.9 Å². The number of nitrogens with one attached hydrogen (secondary N) is 2. The molecule has 1 aliphatic rings. The molecule has 0 saturated heterocycles. The average molecular weight is 616 g/mol. The summed E-state index contributed by atoms with van der Waals surface area (Å²) in [6, 6.07) is 10.5. The Balaban J connectivity index is 1.16. The molecule has 2 heterocycles. The van der Waals surface area contributed by atoms with E-state index in [4.69, 9.17) is 9.84 Å². The monoisotopic (exact) mass is 615 g/mol. The van der Waals surface area contributed by atoms with Crippen LogP contribution in [0.2, 0.25) is 0 Å². The minimum atomic E-state index is -0.449. The van der Waals surface area contributed by atoms with Crippen LogP contribution in [0.3, 0.4) is 0 Å². The number of methoxy groups -OCH3 is 1. The number of ketones is 1. The third-order valence-corrected chi connectivity index (χ3v) is 8.74. The number of ether oxygens (including phenoxy) is 1. The molecule has 0 unspecified atom stereocenters. The number of anilines is 2. The van der Waals surface area contributed by atoms with E-state index in [1.165, 1.54) is 13.2 Å². The Labute approximate surface area is 263 Å². The number of Topliss-reactive ketones (excluding diaryl/α,β-unsaturated/α-hetero) is 1. The molecule has 5 rings (SSSR count). The van der Waals surface area contributed by atoms with Gasteiger partial charge in [-0.25, -0.2) is 14.4 Å². The first-order valence-electron chi connectivity index (χ1n) is 15.8. The molecule has 4 aromatic rings. The lowest BCUT2D eigenvalue weighted by Crippen LogP contribution is -2.34. The Morgan fingerprint density at radius 2 is 1.84 bits per heavy atom. The highest BCUT2D eigenvalue weighted by molar-refractivity contribution is 5.98. The fourth-order valence-electron chi connectivity index (χ4n) is 6.18. The van der Waals surface area contributed by atoms with Crippen LogP contribution < -0.4 is 15.4 Å². The van der Waals surface area contributed by atoms with Gasteiger partial charge in [-0.1, -0.05) is 12.8 Å². The number of rotatable bonds is 14. The number of amides is 1. The number of fused-ring (bicyclic) bond motifs is 1. The van der Waals surface area contributed by atoms with Crippen LogP contribution >= 0.6 is 0 Å². The molecule has 238 valence electrons. The molecule has 2 aromatic heterocycles. The van der Waals surface area contributed by atoms with Crippen molar-refractivity contribution >= 4 is 28.8 Å². The molecular weight excluding hydrogens is 573 g/mol. The normalized spacial score (nSPS) is 16.4. The van der Waals surface area contributed by atoms with Gasteiger partial charge in [0.15, 0.2) is 28.8 Å². The Kier molecular flexibility index (Phi) is 10.8. The molecule has 0 spiro atoms. The number of aliphatic hydroxyl groups excluding tert-OH is 1. The number of imidazole rings is 1. The van der Waals surface area contributed by atoms with Gasteiger partial charge in [0.05, 0.1) is 19.0 Å². The summed E-state index contributed by atoms with van der Waals surface area (Å²) < 4.78 is 21.2. The molecule has 0 radical (unpaired) electrons. The average Bonchev–Trinajstić information content (AvgIpc) is 3.48. The molecule has 0 bridgehead atoms. The summed E-state index contributed by atoms with van der Waals surface area (Å²) in [5.74, 6) is 0.843. The van der Waals surface area contributed by atoms with E-state index in [0.29, 0.717) is 41.3 Å². The summed E-state index contributed by atoms with van der Waals surface area (Å²) in [6.45, 7) is 2.84. The van der Waals surface area contributed by atoms with Crippen molar-refractivity contribution in [2.75, 3.05) is 25.6 Å². The molecule has 0 atom stereocenters. The number of hydrogen-bond acceptors (Lipinski definition) is 7. The maximum atomic E-state index is 14.4. The second-order valence-corrected chi connectivity index (χ2v) is 11.9. The Hall–Kier alpha value is -4.31. The van der Waals surface area contributed by atoms with Gasteiger partial charge in [-0.15, -0.1) is 0 Å². The van der Waals surface area contributed by atoms with Gasteiger partial charge in [-0.3, -0.25) is 14.0 Å². The van der Waals surface area contributed by atoms with Crippen molar-refractivity contribution in [1.29, 1.82) is 0 Å². The van der Waals surface area contributed by atoms with Crippen LogP contribution in [0.4, 0.5) is 15.9 Å². The van der Waals surface area contributed by atoms with E-state index in [1.807, 2.05) is 29.5 Å². The van der Waals surface area contributed by atoms with Crippen molar-refractivity contribution in [2.45, 2.75) is 64.7 Å². The molecule has 3 N–H and O–H groups in total. The summed E-state index contributed by atoms with van der Waals surface area (Å²) in [7, 11) is 1.43. The van der Waals surface area contributed by atoms with Crippen LogP contribution in [0.1, 0.15) is 73.7 Å². The minimum Gasteiger partial charge on any atom is -0.494 e. The van der Waals surface area contributed by atoms with Gasteiger partial charge in [0, 0.05) is 54.7 Å². The van der Waals surface area contributed by atoms with E-state index in [1.54, 1.807) is 30.7 Å². The number of aromatic nitrogens is 3. The number of carbonyl (C=O) groups excluding carboxylic acids is 2. The van der Waals surface area contributed by atoms with Crippen molar-refractivity contribution < 1.29 is 23.8 Å². The van der Waals surface area contributed by atoms with Gasteiger partial charge in [-0.2, -0.15) is 0 Å². The lowest BCUT2D eigenvalue weighted by Gasteiger charge is -2.27. The maximum Gasteiger partial charge on any atom is 0.223 e. The predicted octanol–water partition coefficient (Wildman–Crippen LogP) is 6.64. The van der Waals surface area contributed by atoms with E-state index < -0.39 is 5.82 Å². The lowest BCUT2D eigenvalue weighted by atomic mass is 9.78. The summed E-state index contributed by atoms with van der Waals surface area (Å²) >= 11 is 0. The van der Waals surface area contributed by atoms with E-state index >= 15 is 0 Å². The number of carbonyl (C=O) groups is 2. The SMILES string of the molecule is COc1ccc(-c2cnc3c(Nc4ccc(C(=O)CC5CCC(C(=O)NCCCCCCO)CC5)c(C)c4)nccn23)cc1F. The highest BCUT2D eigenvalue weighted by Gasteiger charge is 2.28. The summed E-state index contributed by atoms with van der Waals surface area (Å²) in [4.78, 5) is 34.8. The van der Waals surface area contributed by atoms with Crippen LogP contribution in [0.25, 0.3) is 16.9 Å². The number of aryl methyl sites for hydroxylation is 1. The van der Waals surface area contributed by atoms with Crippen molar-refractivity contribution in [3.63, 3.8) is 0 Å². The molecule has 1 fully saturated rings. The Bertz CT molecular complexity index is 1630. The molecule has 1 amide bonds. The summed E-state index contributed by atoms with van der Waals surface area (Å²) in [5, 5.41) is 15.2. The lowest BCUT2D eigenvalue weighted by molar-refractivity contribution is -0.126. The fourth-order valence-corrected chi connectivity index (χ4v) is 6.18. The summed E-state index contributed by atoms with van der Waals surface area (Å²) in [5.41, 5.74) is 4.33. The van der Waals surface area contributed by atoms with Gasteiger partial charge in [0.25, 0.3) is 0 Å². The van der Waals surface area contributed by atoms with E-state index in [0.717, 1.165) is 62.6 Å². The second kappa shape index (κ2) is 15.1. The first-order chi connectivity index (χ1) is 21.9. The third-order valence-electron chi connectivity index (χ3n) is 8.74. The second-order valence-electron chi connectivity index (χ2n) is 11.9. The number of hydrogen-bond donors (Lipinski definition) is 3. The van der Waals surface area contributed by atoms with Crippen molar-refractivity contribution in [3.8, 4) is 17.0 Å². The molecular formula is C35H42FN5O4. The quantitative estimate of drug-likeness (QED) is 0.107.